The highest BCUT2D eigenvalue weighted by atomic mass is 19.1. The molecule has 0 spiro atoms. The average Bonchev–Trinajstić information content (AvgIpc) is 2.71. The molecule has 2 aromatic rings. The second-order valence-corrected chi connectivity index (χ2v) is 5.60. The molecule has 0 saturated heterocycles. The van der Waals surface area contributed by atoms with Gasteiger partial charge in [0.05, 0.1) is 11.3 Å². The van der Waals surface area contributed by atoms with Gasteiger partial charge in [-0.25, -0.2) is 4.39 Å². The number of carbonyl (C=O) groups excluding carboxylic acids is 1. The summed E-state index contributed by atoms with van der Waals surface area (Å²) in [4.78, 5) is 11.0. The van der Waals surface area contributed by atoms with Gasteiger partial charge in [0.2, 0.25) is 0 Å². The van der Waals surface area contributed by atoms with Crippen LogP contribution in [-0.4, -0.2) is 15.7 Å². The van der Waals surface area contributed by atoms with Crippen molar-refractivity contribution in [3.63, 3.8) is 0 Å². The van der Waals surface area contributed by atoms with Crippen molar-refractivity contribution < 1.29 is 9.18 Å². The molecule has 1 aromatic heterocycles. The molecule has 0 aliphatic rings. The molecule has 0 unspecified atom stereocenters. The molecule has 0 bridgehead atoms. The van der Waals surface area contributed by atoms with Crippen LogP contribution in [-0.2, 0) is 6.54 Å². The summed E-state index contributed by atoms with van der Waals surface area (Å²) in [5.74, 6) is -1.39. The summed E-state index contributed by atoms with van der Waals surface area (Å²) in [5.41, 5.74) is 8.71. The van der Waals surface area contributed by atoms with E-state index in [1.165, 1.54) is 12.1 Å². The normalized spacial score (nSPS) is 11.0. The van der Waals surface area contributed by atoms with Crippen molar-refractivity contribution in [1.29, 1.82) is 0 Å². The molecule has 1 aromatic carbocycles. The molecule has 1 heterocycles. The molecule has 0 saturated carbocycles. The van der Waals surface area contributed by atoms with Gasteiger partial charge in [0.15, 0.2) is 0 Å². The third kappa shape index (κ3) is 3.10. The van der Waals surface area contributed by atoms with Crippen molar-refractivity contribution >= 4 is 11.6 Å². The number of anilines is 1. The van der Waals surface area contributed by atoms with Gasteiger partial charge in [-0.05, 0) is 45.9 Å². The van der Waals surface area contributed by atoms with Gasteiger partial charge in [-0.15, -0.1) is 0 Å². The van der Waals surface area contributed by atoms with E-state index in [0.29, 0.717) is 18.3 Å². The lowest BCUT2D eigenvalue weighted by molar-refractivity contribution is 0.0996. The molecule has 5 nitrogen and oxygen atoms in total. The largest absolute Gasteiger partial charge is 0.381 e. The number of nitrogens with one attached hydrogen (secondary N) is 1. The van der Waals surface area contributed by atoms with E-state index in [1.54, 1.807) is 6.07 Å². The van der Waals surface area contributed by atoms with Crippen molar-refractivity contribution in [2.45, 2.75) is 40.3 Å². The van der Waals surface area contributed by atoms with Gasteiger partial charge in [0.1, 0.15) is 5.82 Å². The Morgan fingerprint density at radius 1 is 1.41 bits per heavy atom. The smallest absolute Gasteiger partial charge is 0.251 e. The van der Waals surface area contributed by atoms with Crippen LogP contribution in [0, 0.1) is 19.7 Å². The molecule has 0 radical (unpaired) electrons. The SMILES string of the molecule is Cc1nn(C(C)C)c(C)c1CNc1ccc(C(N)=O)c(F)c1. The third-order valence-electron chi connectivity index (χ3n) is 3.67. The zero-order valence-electron chi connectivity index (χ0n) is 13.3. The first-order valence-corrected chi connectivity index (χ1v) is 7.19. The highest BCUT2D eigenvalue weighted by Crippen LogP contribution is 2.20. The molecule has 2 rings (SSSR count). The van der Waals surface area contributed by atoms with Gasteiger partial charge in [-0.1, -0.05) is 0 Å². The number of halogens is 1. The average molecular weight is 304 g/mol. The van der Waals surface area contributed by atoms with E-state index in [9.17, 15) is 9.18 Å². The first-order chi connectivity index (χ1) is 10.3. The number of primary amides is 1. The summed E-state index contributed by atoms with van der Waals surface area (Å²) in [6, 6.07) is 4.59. The molecule has 0 atom stereocenters. The monoisotopic (exact) mass is 304 g/mol. The molecule has 1 amide bonds. The fraction of sp³-hybridized carbons (Fsp3) is 0.375. The van der Waals surface area contributed by atoms with Crippen LogP contribution in [0.4, 0.5) is 10.1 Å². The van der Waals surface area contributed by atoms with E-state index < -0.39 is 11.7 Å². The maximum Gasteiger partial charge on any atom is 0.251 e. The van der Waals surface area contributed by atoms with Gasteiger partial charge in [-0.2, -0.15) is 5.10 Å². The van der Waals surface area contributed by atoms with Gasteiger partial charge < -0.3 is 11.1 Å². The molecule has 3 N–H and O–H groups in total. The summed E-state index contributed by atoms with van der Waals surface area (Å²) in [6.45, 7) is 8.68. The maximum absolute atomic E-state index is 13.7. The van der Waals surface area contributed by atoms with Crippen LogP contribution in [0.25, 0.3) is 0 Å². The summed E-state index contributed by atoms with van der Waals surface area (Å²) in [5, 5.41) is 7.67. The van der Waals surface area contributed by atoms with E-state index in [1.807, 2.05) is 18.5 Å². The molecule has 0 aliphatic heterocycles. The Labute approximate surface area is 129 Å². The topological polar surface area (TPSA) is 72.9 Å². The Morgan fingerprint density at radius 2 is 2.09 bits per heavy atom. The number of rotatable bonds is 5. The molecular weight excluding hydrogens is 283 g/mol. The Hall–Kier alpha value is -2.37. The third-order valence-corrected chi connectivity index (χ3v) is 3.67. The molecular formula is C16H21FN4O. The van der Waals surface area contributed by atoms with E-state index in [4.69, 9.17) is 5.73 Å². The number of nitrogens with two attached hydrogens (primary N) is 1. The van der Waals surface area contributed by atoms with Crippen LogP contribution in [0.2, 0.25) is 0 Å². The van der Waals surface area contributed by atoms with Gasteiger partial charge >= 0.3 is 0 Å². The molecule has 0 aliphatic carbocycles. The lowest BCUT2D eigenvalue weighted by atomic mass is 10.1. The minimum Gasteiger partial charge on any atom is -0.381 e. The highest BCUT2D eigenvalue weighted by molar-refractivity contribution is 5.93. The zero-order valence-corrected chi connectivity index (χ0v) is 13.3. The van der Waals surface area contributed by atoms with Crippen molar-refractivity contribution in [3.05, 3.63) is 46.5 Å². The minimum atomic E-state index is -0.769. The Bertz CT molecular complexity index is 706. The molecule has 6 heteroatoms. The number of aryl methyl sites for hydroxylation is 1. The first-order valence-electron chi connectivity index (χ1n) is 7.19. The van der Waals surface area contributed by atoms with Crippen molar-refractivity contribution in [3.8, 4) is 0 Å². The number of hydrogen-bond donors (Lipinski definition) is 2. The standard InChI is InChI=1S/C16H21FN4O/c1-9(2)21-11(4)14(10(3)20-21)8-19-12-5-6-13(16(18)22)15(17)7-12/h5-7,9,19H,8H2,1-4H3,(H2,18,22). The predicted octanol–water partition coefficient (Wildman–Crippen LogP) is 2.93. The summed E-state index contributed by atoms with van der Waals surface area (Å²) < 4.78 is 15.7. The second kappa shape index (κ2) is 6.17. The quantitative estimate of drug-likeness (QED) is 0.892. The van der Waals surface area contributed by atoms with Crippen molar-refractivity contribution in [2.75, 3.05) is 5.32 Å². The highest BCUT2D eigenvalue weighted by Gasteiger charge is 2.14. The number of amides is 1. The van der Waals surface area contributed by atoms with Crippen molar-refractivity contribution in [2.24, 2.45) is 5.73 Å². The van der Waals surface area contributed by atoms with Crippen LogP contribution in [0.1, 0.15) is 47.2 Å². The Balaban J connectivity index is 2.17. The van der Waals surface area contributed by atoms with E-state index in [0.717, 1.165) is 17.0 Å². The lowest BCUT2D eigenvalue weighted by Gasteiger charge is -2.10. The van der Waals surface area contributed by atoms with Crippen LogP contribution in [0.5, 0.6) is 0 Å². The molecule has 0 fully saturated rings. The number of hydrogen-bond acceptors (Lipinski definition) is 3. The van der Waals surface area contributed by atoms with Crippen LogP contribution >= 0.6 is 0 Å². The zero-order chi connectivity index (χ0) is 16.4. The number of nitrogens with zero attached hydrogens (tertiary/aromatic N) is 2. The van der Waals surface area contributed by atoms with Crippen LogP contribution in [0.3, 0.4) is 0 Å². The number of benzene rings is 1. The summed E-state index contributed by atoms with van der Waals surface area (Å²) >= 11 is 0. The minimum absolute atomic E-state index is 0.106. The second-order valence-electron chi connectivity index (χ2n) is 5.60. The Morgan fingerprint density at radius 3 is 2.59 bits per heavy atom. The Kier molecular flexibility index (Phi) is 4.49. The fourth-order valence-corrected chi connectivity index (χ4v) is 2.47. The van der Waals surface area contributed by atoms with E-state index >= 15 is 0 Å². The summed E-state index contributed by atoms with van der Waals surface area (Å²) in [6.07, 6.45) is 0. The summed E-state index contributed by atoms with van der Waals surface area (Å²) in [7, 11) is 0. The van der Waals surface area contributed by atoms with E-state index in [2.05, 4.69) is 24.3 Å². The van der Waals surface area contributed by atoms with Crippen LogP contribution < -0.4 is 11.1 Å². The lowest BCUT2D eigenvalue weighted by Crippen LogP contribution is -2.13. The van der Waals surface area contributed by atoms with Crippen LogP contribution in [0.15, 0.2) is 18.2 Å². The van der Waals surface area contributed by atoms with Crippen molar-refractivity contribution in [1.82, 2.24) is 9.78 Å². The first kappa shape index (κ1) is 16.0. The van der Waals surface area contributed by atoms with E-state index in [-0.39, 0.29) is 5.56 Å². The fourth-order valence-electron chi connectivity index (χ4n) is 2.47. The predicted molar refractivity (Wildman–Crippen MR) is 84.3 cm³/mol. The number of carbonyl (C=O) groups is 1. The maximum atomic E-state index is 13.7. The van der Waals surface area contributed by atoms with Gasteiger partial charge in [0, 0.05) is 29.5 Å². The molecule has 118 valence electrons. The number of aromatic nitrogens is 2. The van der Waals surface area contributed by atoms with Gasteiger partial charge in [-0.3, -0.25) is 9.48 Å². The molecule has 22 heavy (non-hydrogen) atoms. The van der Waals surface area contributed by atoms with Gasteiger partial charge in [0.25, 0.3) is 5.91 Å².